The molecule has 2 unspecified atom stereocenters. The lowest BCUT2D eigenvalue weighted by molar-refractivity contribution is -0.144. The Morgan fingerprint density at radius 3 is 2.45 bits per heavy atom. The van der Waals surface area contributed by atoms with Crippen LogP contribution in [0.2, 0.25) is 0 Å². The monoisotopic (exact) mass is 300 g/mol. The van der Waals surface area contributed by atoms with Crippen molar-refractivity contribution in [1.82, 2.24) is 5.32 Å². The van der Waals surface area contributed by atoms with E-state index in [0.717, 1.165) is 37.8 Å². The van der Waals surface area contributed by atoms with Crippen LogP contribution in [-0.2, 0) is 4.79 Å². The fourth-order valence-corrected chi connectivity index (χ4v) is 5.42. The number of para-hydroxylation sites is 1. The molecule has 4 aliphatic rings. The summed E-state index contributed by atoms with van der Waals surface area (Å²) in [6, 6.07) is 9.55. The molecule has 1 amide bonds. The van der Waals surface area contributed by atoms with Crippen LogP contribution in [-0.4, -0.2) is 28.7 Å². The Labute approximate surface area is 131 Å². The molecule has 0 saturated heterocycles. The molecule has 5 rings (SSSR count). The van der Waals surface area contributed by atoms with Crippen LogP contribution >= 0.6 is 0 Å². The van der Waals surface area contributed by atoms with Gasteiger partial charge in [0.2, 0.25) is 5.91 Å². The predicted octanol–water partition coefficient (Wildman–Crippen LogP) is 2.30. The molecule has 4 nitrogen and oxygen atoms in total. The summed E-state index contributed by atoms with van der Waals surface area (Å²) in [7, 11) is 0. The number of nitrogens with one attached hydrogen (secondary N) is 2. The van der Waals surface area contributed by atoms with Gasteiger partial charge in [-0.25, -0.2) is 0 Å². The number of hydrogen-bond acceptors (Lipinski definition) is 3. The van der Waals surface area contributed by atoms with Crippen LogP contribution in [0.15, 0.2) is 30.3 Å². The van der Waals surface area contributed by atoms with E-state index in [4.69, 9.17) is 0 Å². The van der Waals surface area contributed by atoms with E-state index < -0.39 is 5.60 Å². The summed E-state index contributed by atoms with van der Waals surface area (Å²) in [6.45, 7) is 0.324. The van der Waals surface area contributed by atoms with Crippen LogP contribution in [0.25, 0.3) is 0 Å². The Morgan fingerprint density at radius 2 is 1.82 bits per heavy atom. The highest BCUT2D eigenvalue weighted by Gasteiger charge is 2.56. The van der Waals surface area contributed by atoms with E-state index in [1.165, 1.54) is 6.42 Å². The molecule has 118 valence electrons. The number of anilines is 1. The minimum Gasteiger partial charge on any atom is -0.390 e. The molecular weight excluding hydrogens is 276 g/mol. The van der Waals surface area contributed by atoms with Crippen molar-refractivity contribution >= 4 is 11.6 Å². The van der Waals surface area contributed by atoms with Gasteiger partial charge in [0, 0.05) is 11.2 Å². The second kappa shape index (κ2) is 5.07. The first-order chi connectivity index (χ1) is 10.5. The highest BCUT2D eigenvalue weighted by atomic mass is 16.3. The molecule has 22 heavy (non-hydrogen) atoms. The summed E-state index contributed by atoms with van der Waals surface area (Å²) in [5, 5.41) is 17.1. The molecule has 0 aliphatic heterocycles. The van der Waals surface area contributed by atoms with E-state index in [1.54, 1.807) is 0 Å². The summed E-state index contributed by atoms with van der Waals surface area (Å²) < 4.78 is 0. The number of rotatable bonds is 4. The summed E-state index contributed by atoms with van der Waals surface area (Å²) in [5.41, 5.74) is 0.332. The zero-order valence-electron chi connectivity index (χ0n) is 12.8. The first-order valence-corrected chi connectivity index (χ1v) is 8.37. The molecule has 4 heteroatoms. The van der Waals surface area contributed by atoms with Crippen LogP contribution in [0.4, 0.5) is 5.69 Å². The SMILES string of the molecule is O=C(CNC12CC3CC(CC(O)(C3)C1)C2)Nc1ccccc1. The van der Waals surface area contributed by atoms with Crippen molar-refractivity contribution in [3.8, 4) is 0 Å². The smallest absolute Gasteiger partial charge is 0.238 e. The van der Waals surface area contributed by atoms with Crippen molar-refractivity contribution in [3.05, 3.63) is 30.3 Å². The van der Waals surface area contributed by atoms with Crippen LogP contribution in [0.1, 0.15) is 38.5 Å². The van der Waals surface area contributed by atoms with Gasteiger partial charge >= 0.3 is 0 Å². The average molecular weight is 300 g/mol. The van der Waals surface area contributed by atoms with Crippen molar-refractivity contribution in [2.75, 3.05) is 11.9 Å². The molecule has 2 atom stereocenters. The number of amides is 1. The van der Waals surface area contributed by atoms with E-state index in [0.29, 0.717) is 18.4 Å². The first-order valence-electron chi connectivity index (χ1n) is 8.37. The maximum absolute atomic E-state index is 12.1. The van der Waals surface area contributed by atoms with Gasteiger partial charge in [-0.3, -0.25) is 4.79 Å². The van der Waals surface area contributed by atoms with Crippen LogP contribution in [0, 0.1) is 11.8 Å². The molecule has 0 spiro atoms. The molecular formula is C18H24N2O2. The number of benzene rings is 1. The summed E-state index contributed by atoms with van der Waals surface area (Å²) >= 11 is 0. The third-order valence-electron chi connectivity index (χ3n) is 5.71. The van der Waals surface area contributed by atoms with E-state index in [-0.39, 0.29) is 11.4 Å². The Hall–Kier alpha value is -1.39. The molecule has 4 bridgehead atoms. The molecule has 4 aliphatic carbocycles. The molecule has 3 N–H and O–H groups in total. The van der Waals surface area contributed by atoms with Crippen molar-refractivity contribution in [1.29, 1.82) is 0 Å². The normalized spacial score (nSPS) is 39.0. The molecule has 1 aromatic carbocycles. The van der Waals surface area contributed by atoms with Gasteiger partial charge in [0.05, 0.1) is 12.1 Å². The minimum absolute atomic E-state index is 0.00562. The standard InChI is InChI=1S/C18H24N2O2/c21-16(20-15-4-2-1-3-5-15)11-19-17-7-13-6-14(8-17)10-18(22,9-13)12-17/h1-5,13-14,19,22H,6-12H2,(H,20,21). The van der Waals surface area contributed by atoms with Gasteiger partial charge in [-0.2, -0.15) is 0 Å². The van der Waals surface area contributed by atoms with E-state index >= 15 is 0 Å². The summed E-state index contributed by atoms with van der Waals surface area (Å²) in [4.78, 5) is 12.1. The van der Waals surface area contributed by atoms with Gasteiger partial charge in [0.15, 0.2) is 0 Å². The number of aliphatic hydroxyl groups is 1. The van der Waals surface area contributed by atoms with Gasteiger partial charge in [0.25, 0.3) is 0 Å². The highest BCUT2D eigenvalue weighted by molar-refractivity contribution is 5.92. The number of carbonyl (C=O) groups is 1. The van der Waals surface area contributed by atoms with E-state index in [1.807, 2.05) is 30.3 Å². The lowest BCUT2D eigenvalue weighted by Crippen LogP contribution is -2.65. The number of carbonyl (C=O) groups excluding carboxylic acids is 1. The van der Waals surface area contributed by atoms with Crippen molar-refractivity contribution < 1.29 is 9.90 Å². The summed E-state index contributed by atoms with van der Waals surface area (Å²) in [6.07, 6.45) is 6.23. The fourth-order valence-electron chi connectivity index (χ4n) is 5.42. The van der Waals surface area contributed by atoms with Gasteiger partial charge in [0.1, 0.15) is 0 Å². The zero-order chi connectivity index (χ0) is 15.2. The zero-order valence-corrected chi connectivity index (χ0v) is 12.8. The maximum atomic E-state index is 12.1. The lowest BCUT2D eigenvalue weighted by Gasteiger charge is -2.60. The fraction of sp³-hybridized carbons (Fsp3) is 0.611. The Balaban J connectivity index is 1.38. The molecule has 1 aromatic rings. The molecule has 0 aromatic heterocycles. The van der Waals surface area contributed by atoms with Crippen molar-refractivity contribution in [2.24, 2.45) is 11.8 Å². The largest absolute Gasteiger partial charge is 0.390 e. The summed E-state index contributed by atoms with van der Waals surface area (Å²) in [5.74, 6) is 1.26. The van der Waals surface area contributed by atoms with Crippen molar-refractivity contribution in [2.45, 2.75) is 49.7 Å². The third-order valence-corrected chi connectivity index (χ3v) is 5.71. The Kier molecular flexibility index (Phi) is 3.27. The van der Waals surface area contributed by atoms with Crippen LogP contribution < -0.4 is 10.6 Å². The van der Waals surface area contributed by atoms with E-state index in [9.17, 15) is 9.90 Å². The van der Waals surface area contributed by atoms with Crippen LogP contribution in [0.3, 0.4) is 0 Å². The molecule has 4 fully saturated rings. The highest BCUT2D eigenvalue weighted by Crippen LogP contribution is 2.57. The lowest BCUT2D eigenvalue weighted by atomic mass is 9.51. The van der Waals surface area contributed by atoms with Gasteiger partial charge in [-0.1, -0.05) is 18.2 Å². The molecule has 0 radical (unpaired) electrons. The Bertz CT molecular complexity index is 558. The van der Waals surface area contributed by atoms with Gasteiger partial charge in [-0.15, -0.1) is 0 Å². The maximum Gasteiger partial charge on any atom is 0.238 e. The second-order valence-electron chi connectivity index (χ2n) is 7.73. The average Bonchev–Trinajstić information content (AvgIpc) is 2.44. The Morgan fingerprint density at radius 1 is 1.14 bits per heavy atom. The van der Waals surface area contributed by atoms with Gasteiger partial charge in [-0.05, 0) is 62.5 Å². The first kappa shape index (κ1) is 14.2. The van der Waals surface area contributed by atoms with E-state index in [2.05, 4.69) is 10.6 Å². The number of hydrogen-bond donors (Lipinski definition) is 3. The third kappa shape index (κ3) is 2.66. The van der Waals surface area contributed by atoms with Gasteiger partial charge < -0.3 is 15.7 Å². The topological polar surface area (TPSA) is 61.4 Å². The molecule has 4 saturated carbocycles. The second-order valence-corrected chi connectivity index (χ2v) is 7.73. The van der Waals surface area contributed by atoms with Crippen LogP contribution in [0.5, 0.6) is 0 Å². The quantitative estimate of drug-likeness (QED) is 0.799. The minimum atomic E-state index is -0.479. The van der Waals surface area contributed by atoms with Crippen molar-refractivity contribution in [3.63, 3.8) is 0 Å². The predicted molar refractivity (Wildman–Crippen MR) is 85.4 cm³/mol. The molecule has 0 heterocycles.